The number of rotatable bonds is 4. The molecule has 0 aliphatic carbocycles. The predicted molar refractivity (Wildman–Crippen MR) is 135 cm³/mol. The first kappa shape index (κ1) is 22.2. The predicted octanol–water partition coefficient (Wildman–Crippen LogP) is 5.45. The molecule has 0 radical (unpaired) electrons. The minimum Gasteiger partial charge on any atom is -0.273 e. The Balaban J connectivity index is 1.50. The molecular formula is C27H18ClN3O5. The molecule has 4 aromatic carbocycles. The average molecular weight is 500 g/mol. The Bertz CT molecular complexity index is 1540. The number of para-hydroxylation sites is 1. The number of amides is 2. The third-order valence-electron chi connectivity index (χ3n) is 6.64. The number of nitro groups is 1. The number of carbonyl (C=O) groups is 2. The number of carbonyl (C=O) groups excluding carboxylic acids is 2. The van der Waals surface area contributed by atoms with Crippen molar-refractivity contribution < 1.29 is 19.3 Å². The molecule has 3 atom stereocenters. The summed E-state index contributed by atoms with van der Waals surface area (Å²) in [5.74, 6) is -1.91. The molecule has 0 saturated carbocycles. The van der Waals surface area contributed by atoms with E-state index in [1.165, 1.54) is 23.3 Å². The molecule has 0 N–H and O–H groups in total. The second-order valence-electron chi connectivity index (χ2n) is 8.63. The number of hydrogen-bond acceptors (Lipinski definition) is 6. The van der Waals surface area contributed by atoms with Gasteiger partial charge in [-0.1, -0.05) is 66.2 Å². The van der Waals surface area contributed by atoms with Crippen molar-refractivity contribution in [2.24, 2.45) is 5.92 Å². The van der Waals surface area contributed by atoms with Crippen LogP contribution in [0.15, 0.2) is 91.0 Å². The number of fused-ring (bicyclic) bond motifs is 2. The molecule has 4 aromatic rings. The second-order valence-corrected chi connectivity index (χ2v) is 9.04. The van der Waals surface area contributed by atoms with Crippen LogP contribution in [0.3, 0.4) is 0 Å². The van der Waals surface area contributed by atoms with E-state index >= 15 is 0 Å². The molecule has 36 heavy (non-hydrogen) atoms. The van der Waals surface area contributed by atoms with Crippen LogP contribution in [0.25, 0.3) is 10.8 Å². The highest BCUT2D eigenvalue weighted by Crippen LogP contribution is 2.50. The fourth-order valence-corrected chi connectivity index (χ4v) is 5.27. The van der Waals surface area contributed by atoms with E-state index in [4.69, 9.17) is 16.4 Å². The number of non-ortho nitro benzene ring substituents is 1. The summed E-state index contributed by atoms with van der Waals surface area (Å²) >= 11 is 6.53. The van der Waals surface area contributed by atoms with Gasteiger partial charge in [0.1, 0.15) is 5.92 Å². The molecular weight excluding hydrogens is 482 g/mol. The van der Waals surface area contributed by atoms with Crippen molar-refractivity contribution in [3.05, 3.63) is 112 Å². The number of imide groups is 1. The van der Waals surface area contributed by atoms with Crippen molar-refractivity contribution >= 4 is 51.2 Å². The Hall–Kier alpha value is -4.27. The molecule has 2 heterocycles. The fraction of sp³-hybridized carbons (Fsp3) is 0.111. The number of hydroxylamine groups is 1. The minimum atomic E-state index is -1.11. The molecule has 2 amide bonds. The van der Waals surface area contributed by atoms with E-state index in [9.17, 15) is 19.7 Å². The van der Waals surface area contributed by atoms with Gasteiger partial charge in [-0.2, -0.15) is 0 Å². The van der Waals surface area contributed by atoms with Crippen LogP contribution in [-0.2, 0) is 14.4 Å². The maximum atomic E-state index is 14.0. The monoisotopic (exact) mass is 499 g/mol. The van der Waals surface area contributed by atoms with Gasteiger partial charge < -0.3 is 0 Å². The zero-order valence-corrected chi connectivity index (χ0v) is 19.4. The van der Waals surface area contributed by atoms with Gasteiger partial charge in [0.15, 0.2) is 6.10 Å². The van der Waals surface area contributed by atoms with Gasteiger partial charge in [-0.05, 0) is 29.7 Å². The first-order valence-electron chi connectivity index (χ1n) is 11.3. The lowest BCUT2D eigenvalue weighted by Crippen LogP contribution is -2.37. The Morgan fingerprint density at radius 2 is 1.58 bits per heavy atom. The van der Waals surface area contributed by atoms with E-state index in [1.54, 1.807) is 36.4 Å². The minimum absolute atomic E-state index is 0.173. The van der Waals surface area contributed by atoms with Gasteiger partial charge in [0.25, 0.3) is 11.6 Å². The van der Waals surface area contributed by atoms with Crippen LogP contribution in [-0.4, -0.2) is 22.8 Å². The largest absolute Gasteiger partial charge is 0.273 e. The van der Waals surface area contributed by atoms with Crippen molar-refractivity contribution in [1.82, 2.24) is 0 Å². The Morgan fingerprint density at radius 1 is 0.861 bits per heavy atom. The summed E-state index contributed by atoms with van der Waals surface area (Å²) < 4.78 is 0. The van der Waals surface area contributed by atoms with Gasteiger partial charge in [-0.15, -0.1) is 0 Å². The molecule has 2 saturated heterocycles. The highest BCUT2D eigenvalue weighted by atomic mass is 35.5. The maximum Gasteiger partial charge on any atom is 0.269 e. The summed E-state index contributed by atoms with van der Waals surface area (Å²) in [7, 11) is 0. The molecule has 0 spiro atoms. The molecule has 178 valence electrons. The van der Waals surface area contributed by atoms with Crippen LogP contribution >= 0.6 is 11.6 Å². The molecule has 0 unspecified atom stereocenters. The van der Waals surface area contributed by atoms with Crippen molar-refractivity contribution in [2.75, 3.05) is 9.96 Å². The van der Waals surface area contributed by atoms with E-state index in [1.807, 2.05) is 36.4 Å². The van der Waals surface area contributed by atoms with E-state index in [2.05, 4.69) is 0 Å². The lowest BCUT2D eigenvalue weighted by atomic mass is 9.90. The Kier molecular flexibility index (Phi) is 5.21. The molecule has 0 aromatic heterocycles. The van der Waals surface area contributed by atoms with E-state index in [-0.39, 0.29) is 10.7 Å². The number of nitro benzene ring substituents is 1. The fourth-order valence-electron chi connectivity index (χ4n) is 5.04. The Morgan fingerprint density at radius 3 is 2.36 bits per heavy atom. The SMILES string of the molecule is O=C1[C@@H]2[C@@H](c3cc([N+](=O)[O-])ccc3Cl)N(c3ccccc3)O[C@H]2C(=O)N1c1cccc2ccccc12. The van der Waals surface area contributed by atoms with E-state index < -0.39 is 34.8 Å². The van der Waals surface area contributed by atoms with Gasteiger partial charge in [-0.3, -0.25) is 24.5 Å². The van der Waals surface area contributed by atoms with Crippen molar-refractivity contribution in [2.45, 2.75) is 12.1 Å². The zero-order valence-electron chi connectivity index (χ0n) is 18.7. The third-order valence-corrected chi connectivity index (χ3v) is 6.99. The zero-order chi connectivity index (χ0) is 25.0. The van der Waals surface area contributed by atoms with Crippen LogP contribution in [0.1, 0.15) is 11.6 Å². The lowest BCUT2D eigenvalue weighted by molar-refractivity contribution is -0.384. The van der Waals surface area contributed by atoms with Crippen LogP contribution in [0.5, 0.6) is 0 Å². The van der Waals surface area contributed by atoms with Crippen molar-refractivity contribution in [3.8, 4) is 0 Å². The van der Waals surface area contributed by atoms with Crippen LogP contribution < -0.4 is 9.96 Å². The van der Waals surface area contributed by atoms with Crippen molar-refractivity contribution in [1.29, 1.82) is 0 Å². The van der Waals surface area contributed by atoms with Gasteiger partial charge >= 0.3 is 0 Å². The van der Waals surface area contributed by atoms with E-state index in [0.717, 1.165) is 15.7 Å². The second kappa shape index (κ2) is 8.44. The molecule has 2 fully saturated rings. The normalized spacial score (nSPS) is 21.3. The number of hydrogen-bond donors (Lipinski definition) is 0. The first-order valence-corrected chi connectivity index (χ1v) is 11.6. The Labute approximate surface area is 210 Å². The summed E-state index contributed by atoms with van der Waals surface area (Å²) in [6.07, 6.45) is -1.11. The van der Waals surface area contributed by atoms with Gasteiger partial charge in [0.2, 0.25) is 5.91 Å². The van der Waals surface area contributed by atoms with Gasteiger partial charge in [0, 0.05) is 28.1 Å². The average Bonchev–Trinajstić information content (AvgIpc) is 3.40. The molecule has 2 aliphatic heterocycles. The third kappa shape index (κ3) is 3.34. The lowest BCUT2D eigenvalue weighted by Gasteiger charge is -2.29. The van der Waals surface area contributed by atoms with E-state index in [0.29, 0.717) is 16.9 Å². The summed E-state index contributed by atoms with van der Waals surface area (Å²) in [5, 5.41) is 14.9. The topological polar surface area (TPSA) is 93.0 Å². The molecule has 8 nitrogen and oxygen atoms in total. The quantitative estimate of drug-likeness (QED) is 0.210. The number of benzene rings is 4. The smallest absolute Gasteiger partial charge is 0.269 e. The highest BCUT2D eigenvalue weighted by molar-refractivity contribution is 6.32. The first-order chi connectivity index (χ1) is 17.5. The standard InChI is InChI=1S/C27H18ClN3O5/c28-21-14-13-18(31(34)35)15-20(21)24-23-25(36-30(24)17-9-2-1-3-10-17)27(33)29(26(23)32)22-12-6-8-16-7-4-5-11-19(16)22/h1-15,23-25H/t23-,24-,25-/m1/s1. The van der Waals surface area contributed by atoms with Gasteiger partial charge in [0.05, 0.1) is 22.3 Å². The summed E-state index contributed by atoms with van der Waals surface area (Å²) in [6.45, 7) is 0. The molecule has 6 rings (SSSR count). The number of halogens is 1. The van der Waals surface area contributed by atoms with Crippen LogP contribution in [0.4, 0.5) is 17.1 Å². The molecule has 9 heteroatoms. The summed E-state index contributed by atoms with van der Waals surface area (Å²) in [4.78, 5) is 45.9. The van der Waals surface area contributed by atoms with Crippen LogP contribution in [0, 0.1) is 16.0 Å². The maximum absolute atomic E-state index is 14.0. The molecule has 0 bridgehead atoms. The van der Waals surface area contributed by atoms with Gasteiger partial charge in [-0.25, -0.2) is 9.96 Å². The number of anilines is 2. The van der Waals surface area contributed by atoms with Crippen molar-refractivity contribution in [3.63, 3.8) is 0 Å². The highest BCUT2D eigenvalue weighted by Gasteiger charge is 2.61. The summed E-state index contributed by atoms with van der Waals surface area (Å²) in [6, 6.07) is 25.1. The molecule has 2 aliphatic rings. The summed E-state index contributed by atoms with van der Waals surface area (Å²) in [5.41, 5.74) is 1.23. The number of nitrogens with zero attached hydrogens (tertiary/aromatic N) is 3. The van der Waals surface area contributed by atoms with Crippen LogP contribution in [0.2, 0.25) is 5.02 Å².